The molecule has 0 aliphatic heterocycles. The summed E-state index contributed by atoms with van der Waals surface area (Å²) in [4.78, 5) is 0. The number of aliphatic hydroxyl groups is 2. The minimum absolute atomic E-state index is 0.474. The second-order valence-electron chi connectivity index (χ2n) is 3.05. The molecule has 2 N–H and O–H groups in total. The van der Waals surface area contributed by atoms with Crippen molar-refractivity contribution in [2.24, 2.45) is 0 Å². The van der Waals surface area contributed by atoms with E-state index in [1.165, 1.54) is 0 Å². The van der Waals surface area contributed by atoms with Gasteiger partial charge in [0.05, 0.1) is 12.9 Å². The third-order valence-electron chi connectivity index (χ3n) is 1.84. The molecule has 1 saturated carbocycles. The van der Waals surface area contributed by atoms with Gasteiger partial charge in [-0.1, -0.05) is 0 Å². The standard InChI is InChI=1S/C6H12O5S/c1-12(9,10)11-6(2-3-6)5(8)4-7/h5,7-8H,2-4H2,1H3/t5-/m1/s1. The van der Waals surface area contributed by atoms with Gasteiger partial charge in [0, 0.05) is 0 Å². The molecule has 0 spiro atoms. The van der Waals surface area contributed by atoms with Crippen molar-refractivity contribution in [1.82, 2.24) is 0 Å². The zero-order chi connectivity index (χ0) is 9.41. The molecule has 0 aromatic rings. The third kappa shape index (κ3) is 2.16. The molecule has 0 amide bonds. The molecule has 1 atom stereocenters. The van der Waals surface area contributed by atoms with Crippen LogP contribution in [0.4, 0.5) is 0 Å². The van der Waals surface area contributed by atoms with Crippen molar-refractivity contribution in [3.63, 3.8) is 0 Å². The van der Waals surface area contributed by atoms with Crippen molar-refractivity contribution in [2.75, 3.05) is 12.9 Å². The third-order valence-corrected chi connectivity index (χ3v) is 2.48. The van der Waals surface area contributed by atoms with Crippen LogP contribution in [0.1, 0.15) is 12.8 Å². The molecule has 1 fully saturated rings. The lowest BCUT2D eigenvalue weighted by molar-refractivity contribution is -0.0126. The lowest BCUT2D eigenvalue weighted by Gasteiger charge is -2.18. The molecule has 1 rings (SSSR count). The van der Waals surface area contributed by atoms with Gasteiger partial charge in [0.2, 0.25) is 0 Å². The molecule has 0 radical (unpaired) electrons. The number of hydrogen-bond donors (Lipinski definition) is 2. The van der Waals surface area contributed by atoms with E-state index in [9.17, 15) is 13.5 Å². The average molecular weight is 196 g/mol. The van der Waals surface area contributed by atoms with E-state index in [2.05, 4.69) is 4.18 Å². The van der Waals surface area contributed by atoms with Crippen LogP contribution < -0.4 is 0 Å². The Balaban J connectivity index is 2.62. The van der Waals surface area contributed by atoms with Crippen LogP contribution in [0.15, 0.2) is 0 Å². The van der Waals surface area contributed by atoms with Crippen molar-refractivity contribution < 1.29 is 22.8 Å². The van der Waals surface area contributed by atoms with Gasteiger partial charge in [-0.15, -0.1) is 0 Å². The lowest BCUT2D eigenvalue weighted by atomic mass is 10.2. The first-order valence-corrected chi connectivity index (χ1v) is 5.41. The summed E-state index contributed by atoms with van der Waals surface area (Å²) in [5.74, 6) is 0. The van der Waals surface area contributed by atoms with Gasteiger partial charge in [0.25, 0.3) is 10.1 Å². The normalized spacial score (nSPS) is 23.6. The van der Waals surface area contributed by atoms with E-state index in [-0.39, 0.29) is 0 Å². The zero-order valence-electron chi connectivity index (χ0n) is 6.73. The van der Waals surface area contributed by atoms with E-state index in [1.54, 1.807) is 0 Å². The summed E-state index contributed by atoms with van der Waals surface area (Å²) in [7, 11) is -3.55. The topological polar surface area (TPSA) is 83.8 Å². The smallest absolute Gasteiger partial charge is 0.265 e. The van der Waals surface area contributed by atoms with E-state index >= 15 is 0 Å². The molecule has 0 aromatic carbocycles. The van der Waals surface area contributed by atoms with Crippen molar-refractivity contribution in [3.8, 4) is 0 Å². The summed E-state index contributed by atoms with van der Waals surface area (Å²) >= 11 is 0. The molecule has 12 heavy (non-hydrogen) atoms. The molecule has 0 bridgehead atoms. The number of hydrogen-bond acceptors (Lipinski definition) is 5. The lowest BCUT2D eigenvalue weighted by Crippen LogP contribution is -2.35. The highest BCUT2D eigenvalue weighted by molar-refractivity contribution is 7.86. The van der Waals surface area contributed by atoms with Crippen molar-refractivity contribution >= 4 is 10.1 Å². The fraction of sp³-hybridized carbons (Fsp3) is 1.00. The van der Waals surface area contributed by atoms with Gasteiger partial charge in [-0.05, 0) is 12.8 Å². The second kappa shape index (κ2) is 2.95. The summed E-state index contributed by atoms with van der Waals surface area (Å²) in [6, 6.07) is 0. The van der Waals surface area contributed by atoms with Crippen LogP contribution >= 0.6 is 0 Å². The molecule has 1 aliphatic rings. The van der Waals surface area contributed by atoms with E-state index in [0.717, 1.165) is 6.26 Å². The Hall–Kier alpha value is -0.170. The number of aliphatic hydroxyl groups excluding tert-OH is 2. The molecular weight excluding hydrogens is 184 g/mol. The summed E-state index contributed by atoms with van der Waals surface area (Å²) < 4.78 is 26.0. The Morgan fingerprint density at radius 3 is 2.33 bits per heavy atom. The maximum Gasteiger partial charge on any atom is 0.265 e. The fourth-order valence-electron chi connectivity index (χ4n) is 1.06. The Bertz CT molecular complexity index is 253. The highest BCUT2D eigenvalue weighted by Gasteiger charge is 2.52. The van der Waals surface area contributed by atoms with Crippen LogP contribution in [0.3, 0.4) is 0 Å². The Labute approximate surface area is 71.1 Å². The van der Waals surface area contributed by atoms with Gasteiger partial charge < -0.3 is 10.2 Å². The maximum absolute atomic E-state index is 10.7. The minimum Gasteiger partial charge on any atom is -0.394 e. The Morgan fingerprint density at radius 1 is 1.58 bits per heavy atom. The van der Waals surface area contributed by atoms with Crippen LogP contribution in [0, 0.1) is 0 Å². The Morgan fingerprint density at radius 2 is 2.08 bits per heavy atom. The SMILES string of the molecule is CS(=O)(=O)OC1([C@H](O)CO)CC1. The molecule has 5 nitrogen and oxygen atoms in total. The first-order valence-electron chi connectivity index (χ1n) is 3.59. The van der Waals surface area contributed by atoms with E-state index in [0.29, 0.717) is 12.8 Å². The summed E-state index contributed by atoms with van der Waals surface area (Å²) in [6.07, 6.45) is 0.771. The van der Waals surface area contributed by atoms with Crippen molar-refractivity contribution in [1.29, 1.82) is 0 Å². The molecule has 6 heteroatoms. The molecule has 0 aromatic heterocycles. The van der Waals surface area contributed by atoms with Crippen LogP contribution in [-0.2, 0) is 14.3 Å². The predicted octanol–water partition coefficient (Wildman–Crippen LogP) is -1.15. The highest BCUT2D eigenvalue weighted by atomic mass is 32.2. The average Bonchev–Trinajstić information content (AvgIpc) is 2.64. The van der Waals surface area contributed by atoms with Gasteiger partial charge in [-0.2, -0.15) is 8.42 Å². The summed E-state index contributed by atoms with van der Waals surface area (Å²) in [5, 5.41) is 17.8. The first-order chi connectivity index (χ1) is 5.40. The quantitative estimate of drug-likeness (QED) is 0.555. The fourth-order valence-corrected chi connectivity index (χ4v) is 1.94. The van der Waals surface area contributed by atoms with Gasteiger partial charge in [0.15, 0.2) is 0 Å². The highest BCUT2D eigenvalue weighted by Crippen LogP contribution is 2.43. The van der Waals surface area contributed by atoms with Gasteiger partial charge >= 0.3 is 0 Å². The maximum atomic E-state index is 10.7. The van der Waals surface area contributed by atoms with E-state index in [1.807, 2.05) is 0 Å². The van der Waals surface area contributed by atoms with E-state index in [4.69, 9.17) is 5.11 Å². The molecule has 72 valence electrons. The number of rotatable bonds is 4. The van der Waals surface area contributed by atoms with Crippen LogP contribution in [0.2, 0.25) is 0 Å². The Kier molecular flexibility index (Phi) is 2.44. The zero-order valence-corrected chi connectivity index (χ0v) is 7.54. The van der Waals surface area contributed by atoms with Crippen LogP contribution in [-0.4, -0.2) is 43.2 Å². The largest absolute Gasteiger partial charge is 0.394 e. The van der Waals surface area contributed by atoms with E-state index < -0.39 is 28.4 Å². The summed E-state index contributed by atoms with van der Waals surface area (Å²) in [6.45, 7) is -0.477. The molecule has 0 heterocycles. The molecular formula is C6H12O5S. The van der Waals surface area contributed by atoms with Gasteiger partial charge in [-0.3, -0.25) is 4.18 Å². The molecule has 1 aliphatic carbocycles. The van der Waals surface area contributed by atoms with Crippen molar-refractivity contribution in [2.45, 2.75) is 24.5 Å². The first kappa shape index (κ1) is 9.91. The summed E-state index contributed by atoms with van der Waals surface area (Å²) in [5.41, 5.74) is -1.04. The van der Waals surface area contributed by atoms with Crippen LogP contribution in [0.25, 0.3) is 0 Å². The second-order valence-corrected chi connectivity index (χ2v) is 4.63. The van der Waals surface area contributed by atoms with Crippen LogP contribution in [0.5, 0.6) is 0 Å². The minimum atomic E-state index is -3.55. The molecule has 0 unspecified atom stereocenters. The van der Waals surface area contributed by atoms with Gasteiger partial charge in [-0.25, -0.2) is 0 Å². The van der Waals surface area contributed by atoms with Crippen molar-refractivity contribution in [3.05, 3.63) is 0 Å². The predicted molar refractivity (Wildman–Crippen MR) is 41.0 cm³/mol. The molecule has 0 saturated heterocycles. The monoisotopic (exact) mass is 196 g/mol. The van der Waals surface area contributed by atoms with Gasteiger partial charge in [0.1, 0.15) is 11.7 Å².